The van der Waals surface area contributed by atoms with Crippen LogP contribution >= 0.6 is 0 Å². The Morgan fingerprint density at radius 1 is 1.33 bits per heavy atom. The van der Waals surface area contributed by atoms with Crippen molar-refractivity contribution >= 4 is 11.7 Å². The highest BCUT2D eigenvalue weighted by Gasteiger charge is 2.34. The van der Waals surface area contributed by atoms with E-state index < -0.39 is 11.6 Å². The molecule has 24 heavy (non-hydrogen) atoms. The first-order valence-electron chi connectivity index (χ1n) is 8.20. The van der Waals surface area contributed by atoms with Gasteiger partial charge in [-0.2, -0.15) is 0 Å². The zero-order valence-electron chi connectivity index (χ0n) is 14.0. The van der Waals surface area contributed by atoms with Gasteiger partial charge in [-0.1, -0.05) is 35.5 Å². The van der Waals surface area contributed by atoms with Gasteiger partial charge < -0.3 is 14.9 Å². The average Bonchev–Trinajstić information content (AvgIpc) is 2.95. The number of nitrogens with one attached hydrogen (secondary N) is 1. The van der Waals surface area contributed by atoms with Crippen molar-refractivity contribution in [3.05, 3.63) is 47.7 Å². The Labute approximate surface area is 141 Å². The number of rotatable bonds is 4. The van der Waals surface area contributed by atoms with Crippen molar-refractivity contribution in [3.63, 3.8) is 0 Å². The third-order valence-corrected chi connectivity index (χ3v) is 4.48. The number of amides is 1. The minimum absolute atomic E-state index is 0.143. The van der Waals surface area contributed by atoms with Gasteiger partial charge in [-0.25, -0.2) is 0 Å². The number of aliphatic hydroxyl groups is 1. The van der Waals surface area contributed by atoms with Crippen LogP contribution in [0.15, 0.2) is 40.9 Å². The molecule has 0 saturated carbocycles. The number of benzene rings is 1. The summed E-state index contributed by atoms with van der Waals surface area (Å²) in [7, 11) is 0. The highest BCUT2D eigenvalue weighted by molar-refractivity contribution is 5.94. The summed E-state index contributed by atoms with van der Waals surface area (Å²) in [6.45, 7) is 4.96. The number of nitrogens with zero attached hydrogens (tertiary/aromatic N) is 2. The third-order valence-electron chi connectivity index (χ3n) is 4.48. The number of carbonyl (C=O) groups excluding carboxylic acids is 1. The molecule has 6 nitrogen and oxygen atoms in total. The maximum Gasteiger partial charge on any atom is 0.247 e. The zero-order chi connectivity index (χ0) is 17.2. The number of aryl methyl sites for hydroxylation is 1. The number of anilines is 1. The van der Waals surface area contributed by atoms with Crippen molar-refractivity contribution < 1.29 is 14.4 Å². The number of hydrogen-bond donors (Lipinski definition) is 2. The molecular weight excluding hydrogens is 306 g/mol. The zero-order valence-corrected chi connectivity index (χ0v) is 14.0. The molecule has 128 valence electrons. The predicted molar refractivity (Wildman–Crippen MR) is 90.5 cm³/mol. The van der Waals surface area contributed by atoms with Crippen molar-refractivity contribution in [3.8, 4) is 0 Å². The summed E-state index contributed by atoms with van der Waals surface area (Å²) in [4.78, 5) is 15.0. The molecule has 1 aromatic carbocycles. The number of aromatic nitrogens is 1. The molecule has 1 atom stereocenters. The van der Waals surface area contributed by atoms with Gasteiger partial charge >= 0.3 is 0 Å². The molecule has 3 rings (SSSR count). The van der Waals surface area contributed by atoms with Crippen LogP contribution in [0, 0.1) is 6.92 Å². The van der Waals surface area contributed by atoms with Crippen molar-refractivity contribution in [2.75, 3.05) is 18.4 Å². The second-order valence-electron chi connectivity index (χ2n) is 6.66. The van der Waals surface area contributed by atoms with Crippen LogP contribution in [0.4, 0.5) is 5.82 Å². The maximum absolute atomic E-state index is 12.9. The Bertz CT molecular complexity index is 687. The fraction of sp³-hybridized carbons (Fsp3) is 0.444. The van der Waals surface area contributed by atoms with E-state index >= 15 is 0 Å². The average molecular weight is 329 g/mol. The fourth-order valence-corrected chi connectivity index (χ4v) is 3.05. The Hall–Kier alpha value is -2.18. The van der Waals surface area contributed by atoms with Gasteiger partial charge in [0.2, 0.25) is 5.91 Å². The molecule has 6 heteroatoms. The number of hydrogen-bond acceptors (Lipinski definition) is 5. The standard InChI is InChI=1S/C18H23N3O3/c1-13-12-15(20-24-13)19-17(22)16(14-6-4-3-5-7-14)21-10-8-18(2,23)9-11-21/h3-7,12,16,23H,8-11H2,1-2H3,(H,19,20,22). The first kappa shape index (κ1) is 16.7. The lowest BCUT2D eigenvalue weighted by molar-refractivity contribution is -0.123. The molecule has 1 aliphatic heterocycles. The van der Waals surface area contributed by atoms with E-state index in [2.05, 4.69) is 15.4 Å². The van der Waals surface area contributed by atoms with Crippen molar-refractivity contribution in [1.29, 1.82) is 0 Å². The Morgan fingerprint density at radius 3 is 2.58 bits per heavy atom. The summed E-state index contributed by atoms with van der Waals surface area (Å²) in [5, 5.41) is 16.8. The molecule has 0 spiro atoms. The van der Waals surface area contributed by atoms with Crippen LogP contribution in [0.5, 0.6) is 0 Å². The molecule has 1 aromatic heterocycles. The normalized spacial score (nSPS) is 19.0. The minimum Gasteiger partial charge on any atom is -0.390 e. The second kappa shape index (κ2) is 6.75. The molecule has 1 saturated heterocycles. The van der Waals surface area contributed by atoms with E-state index in [1.54, 1.807) is 13.0 Å². The third kappa shape index (κ3) is 3.83. The van der Waals surface area contributed by atoms with E-state index in [0.29, 0.717) is 37.5 Å². The van der Waals surface area contributed by atoms with Crippen LogP contribution < -0.4 is 5.32 Å². The largest absolute Gasteiger partial charge is 0.390 e. The Kier molecular flexibility index (Phi) is 4.69. The van der Waals surface area contributed by atoms with Crippen LogP contribution in [-0.2, 0) is 4.79 Å². The van der Waals surface area contributed by atoms with Gasteiger partial charge in [0.05, 0.1) is 5.60 Å². The lowest BCUT2D eigenvalue weighted by atomic mass is 9.91. The van der Waals surface area contributed by atoms with Gasteiger partial charge in [0, 0.05) is 19.2 Å². The molecule has 1 fully saturated rings. The topological polar surface area (TPSA) is 78.6 Å². The van der Waals surface area contributed by atoms with Gasteiger partial charge in [0.25, 0.3) is 0 Å². The monoisotopic (exact) mass is 329 g/mol. The van der Waals surface area contributed by atoms with Crippen molar-refractivity contribution in [2.24, 2.45) is 0 Å². The summed E-state index contributed by atoms with van der Waals surface area (Å²) < 4.78 is 5.01. The smallest absolute Gasteiger partial charge is 0.247 e. The quantitative estimate of drug-likeness (QED) is 0.901. The van der Waals surface area contributed by atoms with Gasteiger partial charge in [-0.3, -0.25) is 9.69 Å². The lowest BCUT2D eigenvalue weighted by Gasteiger charge is -2.39. The van der Waals surface area contributed by atoms with Gasteiger partial charge in [0.15, 0.2) is 5.82 Å². The Morgan fingerprint density at radius 2 is 2.00 bits per heavy atom. The molecule has 2 heterocycles. The summed E-state index contributed by atoms with van der Waals surface area (Å²) in [6, 6.07) is 11.0. The van der Waals surface area contributed by atoms with Gasteiger partial charge in [-0.15, -0.1) is 0 Å². The lowest BCUT2D eigenvalue weighted by Crippen LogP contribution is -2.47. The first-order chi connectivity index (χ1) is 11.4. The van der Waals surface area contributed by atoms with Crippen molar-refractivity contribution in [2.45, 2.75) is 38.3 Å². The van der Waals surface area contributed by atoms with E-state index in [0.717, 1.165) is 5.56 Å². The first-order valence-corrected chi connectivity index (χ1v) is 8.20. The molecule has 2 N–H and O–H groups in total. The van der Waals surface area contributed by atoms with Crippen molar-refractivity contribution in [1.82, 2.24) is 10.1 Å². The number of likely N-dealkylation sites (tertiary alicyclic amines) is 1. The van der Waals surface area contributed by atoms with E-state index in [1.807, 2.05) is 37.3 Å². The molecule has 0 bridgehead atoms. The van der Waals surface area contributed by atoms with E-state index in [9.17, 15) is 9.90 Å². The summed E-state index contributed by atoms with van der Waals surface area (Å²) in [5.41, 5.74) is 0.272. The van der Waals surface area contributed by atoms with Crippen LogP contribution in [0.1, 0.15) is 37.1 Å². The highest BCUT2D eigenvalue weighted by atomic mass is 16.5. The molecule has 1 aliphatic rings. The summed E-state index contributed by atoms with van der Waals surface area (Å²) in [6.07, 6.45) is 1.29. The maximum atomic E-state index is 12.9. The highest BCUT2D eigenvalue weighted by Crippen LogP contribution is 2.29. The minimum atomic E-state index is -0.655. The Balaban J connectivity index is 1.81. The van der Waals surface area contributed by atoms with Gasteiger partial charge in [0.1, 0.15) is 11.8 Å². The van der Waals surface area contributed by atoms with Crippen LogP contribution in [0.25, 0.3) is 0 Å². The SMILES string of the molecule is Cc1cc(NC(=O)C(c2ccccc2)N2CCC(C)(O)CC2)no1. The van der Waals surface area contributed by atoms with E-state index in [-0.39, 0.29) is 5.91 Å². The number of piperidine rings is 1. The molecule has 2 aromatic rings. The van der Waals surface area contributed by atoms with E-state index in [4.69, 9.17) is 4.52 Å². The molecule has 1 amide bonds. The molecule has 0 aliphatic carbocycles. The predicted octanol–water partition coefficient (Wildman–Crippen LogP) is 2.51. The molecule has 0 radical (unpaired) electrons. The molecular formula is C18H23N3O3. The summed E-state index contributed by atoms with van der Waals surface area (Å²) >= 11 is 0. The van der Waals surface area contributed by atoms with Crippen LogP contribution in [0.2, 0.25) is 0 Å². The van der Waals surface area contributed by atoms with Gasteiger partial charge in [-0.05, 0) is 32.3 Å². The second-order valence-corrected chi connectivity index (χ2v) is 6.66. The van der Waals surface area contributed by atoms with E-state index in [1.165, 1.54) is 0 Å². The summed E-state index contributed by atoms with van der Waals surface area (Å²) in [5.74, 6) is 0.925. The number of carbonyl (C=O) groups is 1. The molecule has 1 unspecified atom stereocenters. The van der Waals surface area contributed by atoms with Crippen LogP contribution in [-0.4, -0.2) is 39.8 Å². The fourth-order valence-electron chi connectivity index (χ4n) is 3.05. The van der Waals surface area contributed by atoms with Crippen LogP contribution in [0.3, 0.4) is 0 Å².